The molecule has 0 bridgehead atoms. The van der Waals surface area contributed by atoms with Gasteiger partial charge in [-0.2, -0.15) is 0 Å². The Kier molecular flexibility index (Phi) is 4.34. The molecule has 0 spiro atoms. The molecule has 0 saturated carbocycles. The van der Waals surface area contributed by atoms with Crippen LogP contribution in [0.15, 0.2) is 18.5 Å². The summed E-state index contributed by atoms with van der Waals surface area (Å²) >= 11 is 0. The number of hydrogen-bond donors (Lipinski definition) is 0. The van der Waals surface area contributed by atoms with Crippen LogP contribution in [-0.2, 0) is 5.41 Å². The highest BCUT2D eigenvalue weighted by Crippen LogP contribution is 2.24. The Labute approximate surface area is 141 Å². The zero-order valence-corrected chi connectivity index (χ0v) is 14.6. The Balaban J connectivity index is 1.73. The van der Waals surface area contributed by atoms with Crippen LogP contribution in [0.25, 0.3) is 0 Å². The SMILES string of the molecule is Cc1nc(N2CCN(c3ncc(F)cn3)CC2)cc(C(C)(C)C)n1. The average molecular weight is 330 g/mol. The predicted octanol–water partition coefficient (Wildman–Crippen LogP) is 2.34. The molecule has 1 aliphatic rings. The second-order valence-electron chi connectivity index (χ2n) is 7.08. The van der Waals surface area contributed by atoms with Crippen molar-refractivity contribution in [3.63, 3.8) is 0 Å². The summed E-state index contributed by atoms with van der Waals surface area (Å²) in [5.74, 6) is 1.92. The first kappa shape index (κ1) is 16.5. The highest BCUT2D eigenvalue weighted by Gasteiger charge is 2.23. The third kappa shape index (κ3) is 3.60. The minimum Gasteiger partial charge on any atom is -0.353 e. The van der Waals surface area contributed by atoms with Gasteiger partial charge in [-0.1, -0.05) is 20.8 Å². The van der Waals surface area contributed by atoms with E-state index in [0.29, 0.717) is 5.95 Å². The van der Waals surface area contributed by atoms with Crippen molar-refractivity contribution in [2.24, 2.45) is 0 Å². The van der Waals surface area contributed by atoms with Gasteiger partial charge in [0.25, 0.3) is 0 Å². The van der Waals surface area contributed by atoms with Gasteiger partial charge in [0.05, 0.1) is 18.1 Å². The molecule has 0 aliphatic carbocycles. The molecule has 0 aromatic carbocycles. The predicted molar refractivity (Wildman–Crippen MR) is 91.9 cm³/mol. The molecule has 0 amide bonds. The summed E-state index contributed by atoms with van der Waals surface area (Å²) in [4.78, 5) is 21.6. The van der Waals surface area contributed by atoms with Crippen LogP contribution in [0, 0.1) is 12.7 Å². The van der Waals surface area contributed by atoms with Crippen molar-refractivity contribution in [1.82, 2.24) is 19.9 Å². The Bertz CT molecular complexity index is 702. The number of aryl methyl sites for hydroxylation is 1. The van der Waals surface area contributed by atoms with Gasteiger partial charge < -0.3 is 9.80 Å². The summed E-state index contributed by atoms with van der Waals surface area (Å²) in [7, 11) is 0. The Morgan fingerprint density at radius 1 is 0.958 bits per heavy atom. The molecular weight excluding hydrogens is 307 g/mol. The van der Waals surface area contributed by atoms with Crippen molar-refractivity contribution < 1.29 is 4.39 Å². The van der Waals surface area contributed by atoms with Crippen molar-refractivity contribution >= 4 is 11.8 Å². The lowest BCUT2D eigenvalue weighted by molar-refractivity contribution is 0.561. The molecule has 0 radical (unpaired) electrons. The maximum absolute atomic E-state index is 12.9. The fraction of sp³-hybridized carbons (Fsp3) is 0.529. The Hall–Kier alpha value is -2.31. The van der Waals surface area contributed by atoms with Gasteiger partial charge in [-0.3, -0.25) is 0 Å². The maximum Gasteiger partial charge on any atom is 0.225 e. The molecular formula is C17H23FN6. The number of piperazine rings is 1. The highest BCUT2D eigenvalue weighted by atomic mass is 19.1. The first-order valence-electron chi connectivity index (χ1n) is 8.16. The molecule has 1 saturated heterocycles. The largest absolute Gasteiger partial charge is 0.353 e. The van der Waals surface area contributed by atoms with E-state index in [0.717, 1.165) is 43.5 Å². The Morgan fingerprint density at radius 2 is 1.54 bits per heavy atom. The van der Waals surface area contributed by atoms with E-state index in [9.17, 15) is 4.39 Å². The fourth-order valence-corrected chi connectivity index (χ4v) is 2.70. The van der Waals surface area contributed by atoms with E-state index in [4.69, 9.17) is 0 Å². The Morgan fingerprint density at radius 3 is 2.12 bits per heavy atom. The molecule has 6 nitrogen and oxygen atoms in total. The number of aromatic nitrogens is 4. The number of hydrogen-bond acceptors (Lipinski definition) is 6. The molecule has 0 N–H and O–H groups in total. The lowest BCUT2D eigenvalue weighted by atomic mass is 9.92. The van der Waals surface area contributed by atoms with Crippen molar-refractivity contribution in [1.29, 1.82) is 0 Å². The van der Waals surface area contributed by atoms with Crippen LogP contribution in [-0.4, -0.2) is 46.1 Å². The van der Waals surface area contributed by atoms with Crippen molar-refractivity contribution in [3.05, 3.63) is 35.8 Å². The number of halogens is 1. The zero-order valence-electron chi connectivity index (χ0n) is 14.6. The summed E-state index contributed by atoms with van der Waals surface area (Å²) in [5, 5.41) is 0. The minimum absolute atomic E-state index is 0.00771. The summed E-state index contributed by atoms with van der Waals surface area (Å²) < 4.78 is 12.9. The lowest BCUT2D eigenvalue weighted by Crippen LogP contribution is -2.47. The second-order valence-corrected chi connectivity index (χ2v) is 7.08. The molecule has 128 valence electrons. The molecule has 0 atom stereocenters. The normalized spacial score (nSPS) is 15.7. The van der Waals surface area contributed by atoms with E-state index in [1.54, 1.807) is 0 Å². The maximum atomic E-state index is 12.9. The van der Waals surface area contributed by atoms with Crippen LogP contribution in [0.3, 0.4) is 0 Å². The molecule has 7 heteroatoms. The third-order valence-electron chi connectivity index (χ3n) is 4.09. The van der Waals surface area contributed by atoms with Crippen LogP contribution < -0.4 is 9.80 Å². The van der Waals surface area contributed by atoms with Crippen molar-refractivity contribution in [2.45, 2.75) is 33.1 Å². The van der Waals surface area contributed by atoms with E-state index < -0.39 is 5.82 Å². The number of rotatable bonds is 2. The fourth-order valence-electron chi connectivity index (χ4n) is 2.70. The van der Waals surface area contributed by atoms with Crippen LogP contribution >= 0.6 is 0 Å². The van der Waals surface area contributed by atoms with E-state index in [-0.39, 0.29) is 5.41 Å². The zero-order chi connectivity index (χ0) is 17.3. The van der Waals surface area contributed by atoms with Gasteiger partial charge >= 0.3 is 0 Å². The quantitative estimate of drug-likeness (QED) is 0.842. The van der Waals surface area contributed by atoms with Crippen molar-refractivity contribution in [2.75, 3.05) is 36.0 Å². The van der Waals surface area contributed by atoms with E-state index in [2.05, 4.69) is 56.6 Å². The molecule has 0 unspecified atom stereocenters. The summed E-state index contributed by atoms with van der Waals surface area (Å²) in [6.07, 6.45) is 2.41. The van der Waals surface area contributed by atoms with Gasteiger partial charge in [-0.15, -0.1) is 0 Å². The molecule has 3 rings (SSSR count). The van der Waals surface area contributed by atoms with Crippen LogP contribution in [0.5, 0.6) is 0 Å². The van der Waals surface area contributed by atoms with Crippen molar-refractivity contribution in [3.8, 4) is 0 Å². The monoisotopic (exact) mass is 330 g/mol. The topological polar surface area (TPSA) is 58.0 Å². The molecule has 2 aromatic heterocycles. The molecule has 2 aromatic rings. The second kappa shape index (κ2) is 6.30. The molecule has 1 fully saturated rings. The number of anilines is 2. The van der Waals surface area contributed by atoms with Gasteiger partial charge in [-0.05, 0) is 6.92 Å². The molecule has 3 heterocycles. The summed E-state index contributed by atoms with van der Waals surface area (Å²) in [6.45, 7) is 11.6. The van der Waals surface area contributed by atoms with Gasteiger partial charge in [0, 0.05) is 37.7 Å². The average Bonchev–Trinajstić information content (AvgIpc) is 2.54. The summed E-state index contributed by atoms with van der Waals surface area (Å²) in [6, 6.07) is 2.08. The minimum atomic E-state index is -0.413. The van der Waals surface area contributed by atoms with E-state index >= 15 is 0 Å². The van der Waals surface area contributed by atoms with Gasteiger partial charge in [0.1, 0.15) is 11.6 Å². The van der Waals surface area contributed by atoms with Gasteiger partial charge in [0.15, 0.2) is 5.82 Å². The number of nitrogens with zero attached hydrogens (tertiary/aromatic N) is 6. The lowest BCUT2D eigenvalue weighted by Gasteiger charge is -2.35. The molecule has 1 aliphatic heterocycles. The summed E-state index contributed by atoms with van der Waals surface area (Å²) in [5.41, 5.74) is 1.04. The van der Waals surface area contributed by atoms with E-state index in [1.165, 1.54) is 12.4 Å². The van der Waals surface area contributed by atoms with Crippen LogP contribution in [0.4, 0.5) is 16.2 Å². The van der Waals surface area contributed by atoms with Gasteiger partial charge in [0.2, 0.25) is 5.95 Å². The molecule has 24 heavy (non-hydrogen) atoms. The first-order chi connectivity index (χ1) is 11.3. The highest BCUT2D eigenvalue weighted by molar-refractivity contribution is 5.44. The standard InChI is InChI=1S/C17H23FN6/c1-12-21-14(17(2,3)4)9-15(22-12)23-5-7-24(8-6-23)16-19-10-13(18)11-20-16/h9-11H,5-8H2,1-4H3. The van der Waals surface area contributed by atoms with Crippen LogP contribution in [0.2, 0.25) is 0 Å². The third-order valence-corrected chi connectivity index (χ3v) is 4.09. The van der Waals surface area contributed by atoms with E-state index in [1.807, 2.05) is 6.92 Å². The van der Waals surface area contributed by atoms with Crippen LogP contribution in [0.1, 0.15) is 32.3 Å². The smallest absolute Gasteiger partial charge is 0.225 e. The van der Waals surface area contributed by atoms with Gasteiger partial charge in [-0.25, -0.2) is 24.3 Å². The first-order valence-corrected chi connectivity index (χ1v) is 8.16.